The Balaban J connectivity index is 1.79. The molecule has 5 nitrogen and oxygen atoms in total. The lowest BCUT2D eigenvalue weighted by Gasteiger charge is -2.05. The lowest BCUT2D eigenvalue weighted by Crippen LogP contribution is -2.07. The fourth-order valence-electron chi connectivity index (χ4n) is 1.94. The van der Waals surface area contributed by atoms with Gasteiger partial charge in [-0.1, -0.05) is 23.4 Å². The van der Waals surface area contributed by atoms with Crippen LogP contribution in [-0.4, -0.2) is 19.9 Å². The van der Waals surface area contributed by atoms with Gasteiger partial charge in [0, 0.05) is 18.8 Å². The average Bonchev–Trinajstić information content (AvgIpc) is 3.12. The summed E-state index contributed by atoms with van der Waals surface area (Å²) in [6, 6.07) is 8.25. The Hall–Kier alpha value is -2.50. The van der Waals surface area contributed by atoms with Crippen molar-refractivity contribution in [2.45, 2.75) is 19.4 Å². The molecule has 20 heavy (non-hydrogen) atoms. The topological polar surface area (TPSA) is 56.7 Å². The minimum atomic E-state index is -0.265. The lowest BCUT2D eigenvalue weighted by atomic mass is 10.1. The highest BCUT2D eigenvalue weighted by atomic mass is 19.1. The number of hydrogen-bond donors (Lipinski definition) is 0. The molecule has 0 radical (unpaired) electrons. The highest BCUT2D eigenvalue weighted by molar-refractivity contribution is 5.20. The second-order valence-corrected chi connectivity index (χ2v) is 4.48. The maximum atomic E-state index is 13.6. The molecule has 0 bridgehead atoms. The van der Waals surface area contributed by atoms with Crippen molar-refractivity contribution in [2.75, 3.05) is 0 Å². The molecule has 2 aromatic heterocycles. The number of aromatic nitrogens is 4. The van der Waals surface area contributed by atoms with Crippen LogP contribution in [0.5, 0.6) is 0 Å². The van der Waals surface area contributed by atoms with Crippen LogP contribution in [0.2, 0.25) is 0 Å². The van der Waals surface area contributed by atoms with E-state index in [0.29, 0.717) is 23.7 Å². The molecule has 0 N–H and O–H groups in total. The molecule has 1 aromatic carbocycles. The SMILES string of the molecule is C[C@@H](c1nc(Cc2ccccc2F)no1)n1cccn1. The van der Waals surface area contributed by atoms with Crippen molar-refractivity contribution >= 4 is 0 Å². The Morgan fingerprint density at radius 2 is 2.15 bits per heavy atom. The minimum Gasteiger partial charge on any atom is -0.337 e. The van der Waals surface area contributed by atoms with Crippen molar-refractivity contribution in [2.24, 2.45) is 0 Å². The van der Waals surface area contributed by atoms with E-state index in [2.05, 4.69) is 15.2 Å². The number of hydrogen-bond acceptors (Lipinski definition) is 4. The highest BCUT2D eigenvalue weighted by Crippen LogP contribution is 2.16. The minimum absolute atomic E-state index is 0.146. The number of halogens is 1. The van der Waals surface area contributed by atoms with Crippen molar-refractivity contribution in [3.8, 4) is 0 Å². The first kappa shape index (κ1) is 12.5. The van der Waals surface area contributed by atoms with Crippen molar-refractivity contribution in [1.29, 1.82) is 0 Å². The van der Waals surface area contributed by atoms with Crippen molar-refractivity contribution in [3.05, 3.63) is 65.8 Å². The third kappa shape index (κ3) is 2.45. The van der Waals surface area contributed by atoms with E-state index in [4.69, 9.17) is 4.52 Å². The zero-order valence-corrected chi connectivity index (χ0v) is 10.9. The van der Waals surface area contributed by atoms with Crippen LogP contribution in [0.1, 0.15) is 30.2 Å². The smallest absolute Gasteiger partial charge is 0.251 e. The Labute approximate surface area is 115 Å². The van der Waals surface area contributed by atoms with Gasteiger partial charge in [0.1, 0.15) is 11.9 Å². The van der Waals surface area contributed by atoms with Gasteiger partial charge >= 0.3 is 0 Å². The first-order valence-corrected chi connectivity index (χ1v) is 6.29. The van der Waals surface area contributed by atoms with Gasteiger partial charge in [-0.05, 0) is 24.6 Å². The van der Waals surface area contributed by atoms with E-state index in [1.807, 2.05) is 19.2 Å². The van der Waals surface area contributed by atoms with Crippen LogP contribution >= 0.6 is 0 Å². The predicted octanol–water partition coefficient (Wildman–Crippen LogP) is 2.61. The fourth-order valence-corrected chi connectivity index (χ4v) is 1.94. The quantitative estimate of drug-likeness (QED) is 0.732. The maximum absolute atomic E-state index is 13.6. The van der Waals surface area contributed by atoms with E-state index in [9.17, 15) is 4.39 Å². The van der Waals surface area contributed by atoms with Crippen LogP contribution in [0.3, 0.4) is 0 Å². The summed E-state index contributed by atoms with van der Waals surface area (Å²) in [6.45, 7) is 1.91. The summed E-state index contributed by atoms with van der Waals surface area (Å²) in [5.74, 6) is 0.656. The normalized spacial score (nSPS) is 12.5. The van der Waals surface area contributed by atoms with Gasteiger partial charge in [0.25, 0.3) is 5.89 Å². The van der Waals surface area contributed by atoms with Crippen LogP contribution in [0.25, 0.3) is 0 Å². The number of nitrogens with zero attached hydrogens (tertiary/aromatic N) is 4. The largest absolute Gasteiger partial charge is 0.337 e. The maximum Gasteiger partial charge on any atom is 0.251 e. The zero-order chi connectivity index (χ0) is 13.9. The van der Waals surface area contributed by atoms with Gasteiger partial charge in [-0.15, -0.1) is 0 Å². The van der Waals surface area contributed by atoms with Crippen LogP contribution in [-0.2, 0) is 6.42 Å². The summed E-state index contributed by atoms with van der Waals surface area (Å²) >= 11 is 0. The van der Waals surface area contributed by atoms with E-state index in [-0.39, 0.29) is 11.9 Å². The molecule has 3 aromatic rings. The molecule has 0 saturated carbocycles. The van der Waals surface area contributed by atoms with Crippen LogP contribution in [0, 0.1) is 5.82 Å². The Bertz CT molecular complexity index is 693. The molecule has 102 valence electrons. The van der Waals surface area contributed by atoms with Gasteiger partial charge in [-0.3, -0.25) is 4.68 Å². The van der Waals surface area contributed by atoms with E-state index >= 15 is 0 Å². The van der Waals surface area contributed by atoms with Crippen LogP contribution < -0.4 is 0 Å². The molecule has 0 unspecified atom stereocenters. The van der Waals surface area contributed by atoms with Crippen molar-refractivity contribution in [1.82, 2.24) is 19.9 Å². The summed E-state index contributed by atoms with van der Waals surface area (Å²) in [7, 11) is 0. The Kier molecular flexibility index (Phi) is 3.28. The fraction of sp³-hybridized carbons (Fsp3) is 0.214. The standard InChI is InChI=1S/C14H13FN4O/c1-10(19-8-4-7-16-19)14-17-13(18-20-14)9-11-5-2-3-6-12(11)15/h2-8,10H,9H2,1H3/t10-/m0/s1. The molecule has 0 aliphatic heterocycles. The second kappa shape index (κ2) is 5.24. The molecule has 3 rings (SSSR count). The predicted molar refractivity (Wildman–Crippen MR) is 69.5 cm³/mol. The summed E-state index contributed by atoms with van der Waals surface area (Å²) in [5.41, 5.74) is 0.548. The van der Waals surface area contributed by atoms with Crippen LogP contribution in [0.4, 0.5) is 4.39 Å². The van der Waals surface area contributed by atoms with Crippen molar-refractivity contribution < 1.29 is 8.91 Å². The third-order valence-electron chi connectivity index (χ3n) is 3.07. The molecule has 2 heterocycles. The average molecular weight is 272 g/mol. The van der Waals surface area contributed by atoms with E-state index < -0.39 is 0 Å². The monoisotopic (exact) mass is 272 g/mol. The third-order valence-corrected chi connectivity index (χ3v) is 3.07. The zero-order valence-electron chi connectivity index (χ0n) is 10.9. The molecule has 0 aliphatic rings. The highest BCUT2D eigenvalue weighted by Gasteiger charge is 2.16. The summed E-state index contributed by atoms with van der Waals surface area (Å²) in [4.78, 5) is 4.30. The molecular weight excluding hydrogens is 259 g/mol. The summed E-state index contributed by atoms with van der Waals surface area (Å²) in [5, 5.41) is 8.02. The van der Waals surface area contributed by atoms with E-state index in [1.54, 1.807) is 29.1 Å². The van der Waals surface area contributed by atoms with Gasteiger partial charge in [0.15, 0.2) is 5.82 Å². The number of benzene rings is 1. The first-order valence-electron chi connectivity index (χ1n) is 6.29. The second-order valence-electron chi connectivity index (χ2n) is 4.48. The molecule has 0 amide bonds. The van der Waals surface area contributed by atoms with Gasteiger partial charge in [0.05, 0.1) is 0 Å². The van der Waals surface area contributed by atoms with Crippen LogP contribution in [0.15, 0.2) is 47.2 Å². The molecule has 6 heteroatoms. The summed E-state index contributed by atoms with van der Waals surface area (Å²) in [6.07, 6.45) is 3.82. The van der Waals surface area contributed by atoms with E-state index in [0.717, 1.165) is 0 Å². The van der Waals surface area contributed by atoms with E-state index in [1.165, 1.54) is 6.07 Å². The summed E-state index contributed by atoms with van der Waals surface area (Å²) < 4.78 is 20.5. The molecule has 1 atom stereocenters. The Morgan fingerprint density at radius 3 is 2.90 bits per heavy atom. The molecule has 0 spiro atoms. The Morgan fingerprint density at radius 1 is 1.30 bits per heavy atom. The van der Waals surface area contributed by atoms with Crippen molar-refractivity contribution in [3.63, 3.8) is 0 Å². The molecule has 0 aliphatic carbocycles. The lowest BCUT2D eigenvalue weighted by molar-refractivity contribution is 0.333. The first-order chi connectivity index (χ1) is 9.74. The molecular formula is C14H13FN4O. The van der Waals surface area contributed by atoms with Gasteiger partial charge < -0.3 is 4.52 Å². The van der Waals surface area contributed by atoms with Gasteiger partial charge in [0.2, 0.25) is 0 Å². The van der Waals surface area contributed by atoms with Gasteiger partial charge in [-0.25, -0.2) is 4.39 Å². The van der Waals surface area contributed by atoms with Gasteiger partial charge in [-0.2, -0.15) is 10.1 Å². The number of rotatable bonds is 4. The molecule has 0 fully saturated rings. The molecule has 0 saturated heterocycles.